The Balaban J connectivity index is 1.45. The zero-order valence-corrected chi connectivity index (χ0v) is 16.4. The van der Waals surface area contributed by atoms with Crippen molar-refractivity contribution in [3.63, 3.8) is 0 Å². The highest BCUT2D eigenvalue weighted by Crippen LogP contribution is 2.41. The summed E-state index contributed by atoms with van der Waals surface area (Å²) in [7, 11) is 0. The van der Waals surface area contributed by atoms with Crippen LogP contribution in [0.1, 0.15) is 75.0 Å². The largest absolute Gasteiger partial charge is 0.393 e. The monoisotopic (exact) mass is 370 g/mol. The lowest BCUT2D eigenvalue weighted by molar-refractivity contribution is -0.135. The first-order valence-electron chi connectivity index (χ1n) is 11.0. The lowest BCUT2D eigenvalue weighted by atomic mass is 9.77. The number of benzene rings is 1. The predicted octanol–water partition coefficient (Wildman–Crippen LogP) is 3.59. The number of nitrogens with one attached hydrogen (secondary N) is 1. The van der Waals surface area contributed by atoms with Crippen molar-refractivity contribution in [2.45, 2.75) is 82.4 Å². The standard InChI is InChI=1S/C23H34N2O2/c26-20-12-10-19(11-13-20)24-16-22(27)25-15-14-17-6-4-5-9-21(17)23(25)18-7-2-1-3-8-18/h4-6,9,18-20,23-24,26H,1-3,7-8,10-16H2/t19-,20-,23?. The van der Waals surface area contributed by atoms with Gasteiger partial charge in [0.05, 0.1) is 18.7 Å². The molecule has 0 bridgehead atoms. The number of carbonyl (C=O) groups excluding carboxylic acids is 1. The van der Waals surface area contributed by atoms with Gasteiger partial charge >= 0.3 is 0 Å². The fraction of sp³-hybridized carbons (Fsp3) is 0.696. The Morgan fingerprint density at radius 1 is 1.04 bits per heavy atom. The second-order valence-corrected chi connectivity index (χ2v) is 8.77. The Labute approximate surface area is 163 Å². The number of fused-ring (bicyclic) bond motifs is 1. The van der Waals surface area contributed by atoms with E-state index in [0.29, 0.717) is 18.5 Å². The Morgan fingerprint density at radius 3 is 2.56 bits per heavy atom. The molecule has 4 nitrogen and oxygen atoms in total. The van der Waals surface area contributed by atoms with E-state index in [-0.39, 0.29) is 18.1 Å². The Morgan fingerprint density at radius 2 is 1.78 bits per heavy atom. The minimum absolute atomic E-state index is 0.145. The summed E-state index contributed by atoms with van der Waals surface area (Å²) in [6.45, 7) is 1.29. The summed E-state index contributed by atoms with van der Waals surface area (Å²) in [6.07, 6.45) is 10.9. The molecule has 2 N–H and O–H groups in total. The zero-order valence-electron chi connectivity index (χ0n) is 16.4. The van der Waals surface area contributed by atoms with E-state index in [1.807, 2.05) is 0 Å². The van der Waals surface area contributed by atoms with E-state index in [0.717, 1.165) is 38.6 Å². The van der Waals surface area contributed by atoms with Crippen LogP contribution in [0.15, 0.2) is 24.3 Å². The van der Waals surface area contributed by atoms with Crippen LogP contribution in [0.4, 0.5) is 0 Å². The Bertz CT molecular complexity index is 633. The van der Waals surface area contributed by atoms with Crippen LogP contribution in [0.5, 0.6) is 0 Å². The van der Waals surface area contributed by atoms with E-state index in [2.05, 4.69) is 34.5 Å². The molecule has 148 valence electrons. The number of aliphatic hydroxyl groups excluding tert-OH is 1. The molecule has 1 heterocycles. The van der Waals surface area contributed by atoms with Crippen LogP contribution < -0.4 is 5.32 Å². The molecule has 0 saturated heterocycles. The van der Waals surface area contributed by atoms with Crippen LogP contribution in [0.25, 0.3) is 0 Å². The number of carbonyl (C=O) groups is 1. The normalized spacial score (nSPS) is 29.4. The molecule has 0 aromatic heterocycles. The van der Waals surface area contributed by atoms with Crippen molar-refractivity contribution in [1.29, 1.82) is 0 Å². The van der Waals surface area contributed by atoms with Crippen LogP contribution in [-0.2, 0) is 11.2 Å². The van der Waals surface area contributed by atoms with E-state index < -0.39 is 0 Å². The van der Waals surface area contributed by atoms with Gasteiger partial charge in [0, 0.05) is 12.6 Å². The minimum Gasteiger partial charge on any atom is -0.393 e. The van der Waals surface area contributed by atoms with Gasteiger partial charge in [-0.25, -0.2) is 0 Å². The highest BCUT2D eigenvalue weighted by Gasteiger charge is 2.36. The highest BCUT2D eigenvalue weighted by atomic mass is 16.3. The van der Waals surface area contributed by atoms with Gasteiger partial charge in [0.25, 0.3) is 0 Å². The SMILES string of the molecule is O=C(CN[C@H]1CC[C@H](O)CC1)N1CCc2ccccc2C1C1CCCCC1. The average molecular weight is 371 g/mol. The van der Waals surface area contributed by atoms with Crippen molar-refractivity contribution in [2.75, 3.05) is 13.1 Å². The maximum Gasteiger partial charge on any atom is 0.237 e. The fourth-order valence-electron chi connectivity index (χ4n) is 5.45. The summed E-state index contributed by atoms with van der Waals surface area (Å²) in [5.74, 6) is 0.861. The molecule has 1 unspecified atom stereocenters. The van der Waals surface area contributed by atoms with Crippen molar-refractivity contribution in [3.05, 3.63) is 35.4 Å². The molecule has 1 aromatic rings. The molecule has 27 heavy (non-hydrogen) atoms. The topological polar surface area (TPSA) is 52.6 Å². The molecular formula is C23H34N2O2. The van der Waals surface area contributed by atoms with Gasteiger partial charge in [-0.2, -0.15) is 0 Å². The molecule has 2 fully saturated rings. The molecule has 1 aromatic carbocycles. The van der Waals surface area contributed by atoms with Gasteiger partial charge in [-0.3, -0.25) is 4.79 Å². The lowest BCUT2D eigenvalue weighted by Crippen LogP contribution is -2.48. The molecule has 2 aliphatic carbocycles. The molecule has 2 saturated carbocycles. The Hall–Kier alpha value is -1.39. The molecule has 1 amide bonds. The minimum atomic E-state index is -0.145. The van der Waals surface area contributed by atoms with E-state index in [4.69, 9.17) is 0 Å². The molecule has 4 rings (SSSR count). The van der Waals surface area contributed by atoms with Crippen molar-refractivity contribution in [1.82, 2.24) is 10.2 Å². The summed E-state index contributed by atoms with van der Waals surface area (Å²) in [6, 6.07) is 9.41. The van der Waals surface area contributed by atoms with Crippen LogP contribution >= 0.6 is 0 Å². The van der Waals surface area contributed by atoms with Crippen LogP contribution in [0, 0.1) is 5.92 Å². The molecule has 0 radical (unpaired) electrons. The van der Waals surface area contributed by atoms with Gasteiger partial charge in [-0.05, 0) is 62.0 Å². The number of aliphatic hydroxyl groups is 1. The molecule has 4 heteroatoms. The van der Waals surface area contributed by atoms with E-state index >= 15 is 0 Å². The van der Waals surface area contributed by atoms with Crippen molar-refractivity contribution in [3.8, 4) is 0 Å². The lowest BCUT2D eigenvalue weighted by Gasteiger charge is -2.43. The van der Waals surface area contributed by atoms with Gasteiger partial charge in [-0.15, -0.1) is 0 Å². The molecule has 1 atom stereocenters. The van der Waals surface area contributed by atoms with Gasteiger partial charge in [0.1, 0.15) is 0 Å². The van der Waals surface area contributed by atoms with E-state index in [1.54, 1.807) is 0 Å². The quantitative estimate of drug-likeness (QED) is 0.852. The van der Waals surface area contributed by atoms with Crippen LogP contribution in [-0.4, -0.2) is 41.1 Å². The first kappa shape index (κ1) is 18.9. The van der Waals surface area contributed by atoms with Crippen molar-refractivity contribution >= 4 is 5.91 Å². The summed E-state index contributed by atoms with van der Waals surface area (Å²) in [4.78, 5) is 15.4. The van der Waals surface area contributed by atoms with Gasteiger partial charge in [0.15, 0.2) is 0 Å². The molecule has 1 aliphatic heterocycles. The summed E-state index contributed by atoms with van der Waals surface area (Å²) >= 11 is 0. The summed E-state index contributed by atoms with van der Waals surface area (Å²) < 4.78 is 0. The number of hydrogen-bond acceptors (Lipinski definition) is 3. The van der Waals surface area contributed by atoms with Crippen LogP contribution in [0.2, 0.25) is 0 Å². The van der Waals surface area contributed by atoms with Crippen LogP contribution in [0.3, 0.4) is 0 Å². The maximum atomic E-state index is 13.2. The van der Waals surface area contributed by atoms with Gasteiger partial charge in [0.2, 0.25) is 5.91 Å². The summed E-state index contributed by atoms with van der Waals surface area (Å²) in [5, 5.41) is 13.2. The Kier molecular flexibility index (Phi) is 6.14. The third-order valence-electron chi connectivity index (χ3n) is 6.99. The maximum absolute atomic E-state index is 13.2. The third-order valence-corrected chi connectivity index (χ3v) is 6.99. The van der Waals surface area contributed by atoms with Gasteiger partial charge < -0.3 is 15.3 Å². The van der Waals surface area contributed by atoms with Crippen molar-refractivity contribution in [2.24, 2.45) is 5.92 Å². The first-order chi connectivity index (χ1) is 13.2. The molecule has 0 spiro atoms. The number of rotatable bonds is 4. The number of nitrogens with zero attached hydrogens (tertiary/aromatic N) is 1. The average Bonchev–Trinajstić information content (AvgIpc) is 2.73. The third kappa shape index (κ3) is 4.38. The number of hydrogen-bond donors (Lipinski definition) is 2. The number of amides is 1. The first-order valence-corrected chi connectivity index (χ1v) is 11.0. The van der Waals surface area contributed by atoms with Crippen molar-refractivity contribution < 1.29 is 9.90 Å². The fourth-order valence-corrected chi connectivity index (χ4v) is 5.45. The highest BCUT2D eigenvalue weighted by molar-refractivity contribution is 5.79. The van der Waals surface area contributed by atoms with E-state index in [1.165, 1.54) is 43.2 Å². The molecule has 3 aliphatic rings. The smallest absolute Gasteiger partial charge is 0.237 e. The van der Waals surface area contributed by atoms with Gasteiger partial charge in [-0.1, -0.05) is 43.5 Å². The zero-order chi connectivity index (χ0) is 18.6. The summed E-state index contributed by atoms with van der Waals surface area (Å²) in [5.41, 5.74) is 2.83. The second kappa shape index (κ2) is 8.74. The van der Waals surface area contributed by atoms with E-state index in [9.17, 15) is 9.90 Å². The molecular weight excluding hydrogens is 336 g/mol. The predicted molar refractivity (Wildman–Crippen MR) is 107 cm³/mol. The second-order valence-electron chi connectivity index (χ2n) is 8.77.